The van der Waals surface area contributed by atoms with Crippen molar-refractivity contribution in [3.05, 3.63) is 70.7 Å². The number of nitrogens with zero attached hydrogens (tertiary/aromatic N) is 2. The van der Waals surface area contributed by atoms with Gasteiger partial charge in [-0.15, -0.1) is 11.3 Å². The second-order valence-electron chi connectivity index (χ2n) is 6.30. The number of hydrogen-bond donors (Lipinski definition) is 1. The summed E-state index contributed by atoms with van der Waals surface area (Å²) in [5.41, 5.74) is 3.45. The molecule has 1 aromatic carbocycles. The fourth-order valence-corrected chi connectivity index (χ4v) is 5.44. The minimum Gasteiger partial charge on any atom is -0.465 e. The van der Waals surface area contributed by atoms with Crippen LogP contribution in [0.3, 0.4) is 0 Å². The third kappa shape index (κ3) is 3.50. The number of para-hydroxylation sites is 1. The molecule has 0 atom stereocenters. The summed E-state index contributed by atoms with van der Waals surface area (Å²) in [6, 6.07) is 12.3. The molecule has 1 N–H and O–H groups in total. The molecule has 9 heteroatoms. The Morgan fingerprint density at radius 2 is 1.97 bits per heavy atom. The molecule has 7 nitrogen and oxygen atoms in total. The number of ether oxygens (including phenoxy) is 1. The SMILES string of the molecule is COC(=O)c1sccc1S(=O)(=O)Nc1ccccc1-c1cn2cccc(C)c2n1. The number of aromatic nitrogens is 2. The maximum Gasteiger partial charge on any atom is 0.349 e. The first-order valence-electron chi connectivity index (χ1n) is 8.63. The summed E-state index contributed by atoms with van der Waals surface area (Å²) in [7, 11) is -2.78. The quantitative estimate of drug-likeness (QED) is 0.487. The number of rotatable bonds is 5. The summed E-state index contributed by atoms with van der Waals surface area (Å²) in [6.45, 7) is 1.96. The molecule has 4 rings (SSSR count). The summed E-state index contributed by atoms with van der Waals surface area (Å²) in [5.74, 6) is -0.690. The maximum atomic E-state index is 13.0. The van der Waals surface area contributed by atoms with Crippen LogP contribution in [0.5, 0.6) is 0 Å². The number of sulfonamides is 1. The predicted molar refractivity (Wildman–Crippen MR) is 112 cm³/mol. The molecule has 148 valence electrons. The van der Waals surface area contributed by atoms with Crippen LogP contribution < -0.4 is 4.72 Å². The first kappa shape index (κ1) is 19.2. The Morgan fingerprint density at radius 3 is 2.72 bits per heavy atom. The Balaban J connectivity index is 1.77. The van der Waals surface area contributed by atoms with Crippen LogP contribution in [0.15, 0.2) is 65.1 Å². The van der Waals surface area contributed by atoms with Crippen molar-refractivity contribution in [2.24, 2.45) is 0 Å². The summed E-state index contributed by atoms with van der Waals surface area (Å²) in [4.78, 5) is 16.5. The second kappa shape index (κ2) is 7.34. The van der Waals surface area contributed by atoms with Crippen molar-refractivity contribution < 1.29 is 17.9 Å². The number of pyridine rings is 1. The van der Waals surface area contributed by atoms with E-state index in [9.17, 15) is 13.2 Å². The van der Waals surface area contributed by atoms with Crippen molar-refractivity contribution in [3.8, 4) is 11.3 Å². The van der Waals surface area contributed by atoms with E-state index < -0.39 is 16.0 Å². The standard InChI is InChI=1S/C20H17N3O4S2/c1-13-6-5-10-23-12-16(21-19(13)23)14-7-3-4-8-15(14)22-29(25,26)17-9-11-28-18(17)20(24)27-2/h3-12,22H,1-2H3. The number of carbonyl (C=O) groups excluding carboxylic acids is 1. The lowest BCUT2D eigenvalue weighted by atomic mass is 10.1. The lowest BCUT2D eigenvalue weighted by molar-refractivity contribution is 0.0602. The summed E-state index contributed by atoms with van der Waals surface area (Å²) in [5, 5.41) is 1.54. The van der Waals surface area contributed by atoms with E-state index in [-0.39, 0.29) is 9.77 Å². The molecule has 0 unspecified atom stereocenters. The van der Waals surface area contributed by atoms with Gasteiger partial charge in [0.2, 0.25) is 0 Å². The number of hydrogen-bond acceptors (Lipinski definition) is 6. The number of methoxy groups -OCH3 is 1. The van der Waals surface area contributed by atoms with Crippen LogP contribution in [0.1, 0.15) is 15.2 Å². The topological polar surface area (TPSA) is 89.8 Å². The highest BCUT2D eigenvalue weighted by molar-refractivity contribution is 7.93. The molecule has 3 heterocycles. The third-order valence-electron chi connectivity index (χ3n) is 4.41. The van der Waals surface area contributed by atoms with Crippen molar-refractivity contribution in [1.29, 1.82) is 0 Å². The van der Waals surface area contributed by atoms with E-state index in [1.54, 1.807) is 18.2 Å². The van der Waals surface area contributed by atoms with Crippen LogP contribution in [0.25, 0.3) is 16.9 Å². The number of fused-ring (bicyclic) bond motifs is 1. The van der Waals surface area contributed by atoms with Crippen molar-refractivity contribution in [2.45, 2.75) is 11.8 Å². The molecule has 0 bridgehead atoms. The van der Waals surface area contributed by atoms with Gasteiger partial charge in [-0.3, -0.25) is 4.72 Å². The Labute approximate surface area is 171 Å². The van der Waals surface area contributed by atoms with Crippen molar-refractivity contribution in [3.63, 3.8) is 0 Å². The largest absolute Gasteiger partial charge is 0.465 e. The average molecular weight is 428 g/mol. The van der Waals surface area contributed by atoms with E-state index in [2.05, 4.69) is 14.4 Å². The number of aryl methyl sites for hydroxylation is 1. The zero-order valence-corrected chi connectivity index (χ0v) is 17.3. The molecule has 3 aromatic heterocycles. The molecule has 0 aliphatic heterocycles. The Morgan fingerprint density at radius 1 is 1.17 bits per heavy atom. The summed E-state index contributed by atoms with van der Waals surface area (Å²) < 4.78 is 35.1. The molecule has 0 radical (unpaired) electrons. The first-order chi connectivity index (χ1) is 13.9. The smallest absolute Gasteiger partial charge is 0.349 e. The third-order valence-corrected chi connectivity index (χ3v) is 6.85. The highest BCUT2D eigenvalue weighted by Crippen LogP contribution is 2.31. The van der Waals surface area contributed by atoms with Crippen molar-refractivity contribution >= 4 is 38.7 Å². The van der Waals surface area contributed by atoms with Gasteiger partial charge in [0.25, 0.3) is 10.0 Å². The van der Waals surface area contributed by atoms with Crippen LogP contribution in [0.4, 0.5) is 5.69 Å². The first-order valence-corrected chi connectivity index (χ1v) is 11.0. The van der Waals surface area contributed by atoms with Gasteiger partial charge in [0.05, 0.1) is 18.5 Å². The molecule has 4 aromatic rings. The molecular weight excluding hydrogens is 410 g/mol. The van der Waals surface area contributed by atoms with Crippen molar-refractivity contribution in [1.82, 2.24) is 9.38 Å². The number of nitrogens with one attached hydrogen (secondary N) is 1. The highest BCUT2D eigenvalue weighted by atomic mass is 32.2. The van der Waals surface area contributed by atoms with Gasteiger partial charge >= 0.3 is 5.97 Å². The molecule has 0 amide bonds. The van der Waals surface area contributed by atoms with Crippen LogP contribution in [0, 0.1) is 6.92 Å². The van der Waals surface area contributed by atoms with Crippen molar-refractivity contribution in [2.75, 3.05) is 11.8 Å². The van der Waals surface area contributed by atoms with E-state index in [0.29, 0.717) is 16.9 Å². The number of anilines is 1. The number of benzene rings is 1. The number of thiophene rings is 1. The highest BCUT2D eigenvalue weighted by Gasteiger charge is 2.25. The van der Waals surface area contributed by atoms with E-state index in [4.69, 9.17) is 0 Å². The minimum absolute atomic E-state index is 0.0286. The van der Waals surface area contributed by atoms with Crippen LogP contribution in [0.2, 0.25) is 0 Å². The van der Waals surface area contributed by atoms with Crippen LogP contribution >= 0.6 is 11.3 Å². The van der Waals surface area contributed by atoms with Crippen LogP contribution in [-0.4, -0.2) is 30.9 Å². The molecule has 0 aliphatic rings. The number of imidazole rings is 1. The predicted octanol–water partition coefficient (Wildman–Crippen LogP) is 3.96. The van der Waals surface area contributed by atoms with Gasteiger partial charge in [-0.2, -0.15) is 0 Å². The van der Waals surface area contributed by atoms with E-state index in [0.717, 1.165) is 22.5 Å². The number of esters is 1. The van der Waals surface area contributed by atoms with Gasteiger partial charge in [-0.05, 0) is 36.1 Å². The zero-order valence-electron chi connectivity index (χ0n) is 15.6. The normalized spacial score (nSPS) is 11.5. The van der Waals surface area contributed by atoms with Gasteiger partial charge < -0.3 is 9.14 Å². The molecule has 0 aliphatic carbocycles. The monoisotopic (exact) mass is 427 g/mol. The van der Waals surface area contributed by atoms with E-state index in [1.807, 2.05) is 41.9 Å². The van der Waals surface area contributed by atoms with Crippen LogP contribution in [-0.2, 0) is 14.8 Å². The van der Waals surface area contributed by atoms with E-state index >= 15 is 0 Å². The molecule has 29 heavy (non-hydrogen) atoms. The fourth-order valence-electron chi connectivity index (χ4n) is 3.03. The maximum absolute atomic E-state index is 13.0. The van der Waals surface area contributed by atoms with Gasteiger partial charge in [-0.25, -0.2) is 18.2 Å². The lowest BCUT2D eigenvalue weighted by Gasteiger charge is -2.11. The average Bonchev–Trinajstić information content (AvgIpc) is 3.36. The minimum atomic E-state index is -4.00. The molecule has 0 saturated carbocycles. The Hall–Kier alpha value is -3.17. The Bertz CT molecular complexity index is 1320. The van der Waals surface area contributed by atoms with Gasteiger partial charge in [0, 0.05) is 18.0 Å². The fraction of sp³-hybridized carbons (Fsp3) is 0.100. The zero-order chi connectivity index (χ0) is 20.6. The second-order valence-corrected chi connectivity index (χ2v) is 8.87. The van der Waals surface area contributed by atoms with Gasteiger partial charge in [-0.1, -0.05) is 24.3 Å². The van der Waals surface area contributed by atoms with Gasteiger partial charge in [0.15, 0.2) is 0 Å². The summed E-state index contributed by atoms with van der Waals surface area (Å²) >= 11 is 1.02. The Kier molecular flexibility index (Phi) is 4.85. The van der Waals surface area contributed by atoms with Gasteiger partial charge in [0.1, 0.15) is 15.4 Å². The number of carbonyl (C=O) groups is 1. The molecule has 0 spiro atoms. The summed E-state index contributed by atoms with van der Waals surface area (Å²) in [6.07, 6.45) is 3.74. The molecular formula is C20H17N3O4S2. The molecule has 0 fully saturated rings. The van der Waals surface area contributed by atoms with E-state index in [1.165, 1.54) is 18.6 Å². The molecule has 0 saturated heterocycles. The lowest BCUT2D eigenvalue weighted by Crippen LogP contribution is -2.16.